The average molecular weight is 249 g/mol. The van der Waals surface area contributed by atoms with Gasteiger partial charge in [-0.2, -0.15) is 13.2 Å². The van der Waals surface area contributed by atoms with Crippen molar-refractivity contribution < 1.29 is 17.9 Å². The first-order valence-electron chi connectivity index (χ1n) is 4.43. The second-order valence-corrected chi connectivity index (χ2v) is 4.05. The van der Waals surface area contributed by atoms with Crippen molar-refractivity contribution in [2.45, 2.75) is 12.8 Å². The van der Waals surface area contributed by atoms with Crippen LogP contribution < -0.4 is 5.73 Å². The molecule has 2 nitrogen and oxygen atoms in total. The van der Waals surface area contributed by atoms with Crippen molar-refractivity contribution in [2.24, 2.45) is 5.73 Å². The first-order chi connectivity index (χ1) is 7.51. The Bertz CT molecular complexity index is 389. The van der Waals surface area contributed by atoms with Crippen LogP contribution >= 0.6 is 11.3 Å². The lowest BCUT2D eigenvalue weighted by Crippen LogP contribution is -2.16. The normalized spacial score (nSPS) is 11.0. The Morgan fingerprint density at radius 1 is 1.38 bits per heavy atom. The molecule has 0 saturated carbocycles. The summed E-state index contributed by atoms with van der Waals surface area (Å²) in [6, 6.07) is 3.43. The van der Waals surface area contributed by atoms with Crippen LogP contribution in [-0.4, -0.2) is 19.3 Å². The molecule has 1 heterocycles. The Morgan fingerprint density at radius 3 is 2.75 bits per heavy atom. The fourth-order valence-electron chi connectivity index (χ4n) is 0.928. The second kappa shape index (κ2) is 5.89. The minimum atomic E-state index is -4.28. The van der Waals surface area contributed by atoms with Gasteiger partial charge in [-0.05, 0) is 12.1 Å². The summed E-state index contributed by atoms with van der Waals surface area (Å²) in [4.78, 5) is 1.49. The molecule has 1 aromatic rings. The fraction of sp³-hybridized carbons (Fsp3) is 0.400. The number of alkyl halides is 3. The van der Waals surface area contributed by atoms with Crippen LogP contribution in [0.2, 0.25) is 0 Å². The minimum Gasteiger partial charge on any atom is -0.367 e. The molecule has 0 radical (unpaired) electrons. The molecular formula is C10H10F3NOS. The van der Waals surface area contributed by atoms with Gasteiger partial charge in [0.25, 0.3) is 0 Å². The summed E-state index contributed by atoms with van der Waals surface area (Å²) in [6.07, 6.45) is -4.28. The van der Waals surface area contributed by atoms with E-state index in [4.69, 9.17) is 5.73 Å². The molecule has 0 bridgehead atoms. The summed E-state index contributed by atoms with van der Waals surface area (Å²) in [5.74, 6) is 5.46. The Kier molecular flexibility index (Phi) is 4.80. The molecule has 88 valence electrons. The lowest BCUT2D eigenvalue weighted by atomic mass is 10.4. The van der Waals surface area contributed by atoms with Gasteiger partial charge in [-0.15, -0.1) is 11.3 Å². The quantitative estimate of drug-likeness (QED) is 0.833. The van der Waals surface area contributed by atoms with E-state index in [-0.39, 0.29) is 13.2 Å². The van der Waals surface area contributed by atoms with E-state index in [9.17, 15) is 13.2 Å². The number of nitrogens with two attached hydrogens (primary N) is 1. The zero-order valence-corrected chi connectivity index (χ0v) is 9.12. The first-order valence-corrected chi connectivity index (χ1v) is 5.25. The Labute approximate surface area is 95.2 Å². The van der Waals surface area contributed by atoms with Gasteiger partial charge in [0.1, 0.15) is 6.61 Å². The first kappa shape index (κ1) is 13.0. The lowest BCUT2D eigenvalue weighted by molar-refractivity contribution is -0.176. The molecule has 0 aliphatic carbocycles. The third-order valence-corrected chi connectivity index (χ3v) is 2.46. The molecule has 1 aromatic heterocycles. The zero-order valence-electron chi connectivity index (χ0n) is 8.30. The maximum absolute atomic E-state index is 11.8. The van der Waals surface area contributed by atoms with Crippen LogP contribution in [0.4, 0.5) is 13.2 Å². The molecule has 0 amide bonds. The average Bonchev–Trinajstić information content (AvgIpc) is 2.61. The van der Waals surface area contributed by atoms with Gasteiger partial charge in [-0.3, -0.25) is 0 Å². The highest BCUT2D eigenvalue weighted by molar-refractivity contribution is 7.12. The van der Waals surface area contributed by atoms with Crippen LogP contribution in [0.5, 0.6) is 0 Å². The van der Waals surface area contributed by atoms with Gasteiger partial charge < -0.3 is 10.5 Å². The molecule has 6 heteroatoms. The zero-order chi connectivity index (χ0) is 12.0. The predicted molar refractivity (Wildman–Crippen MR) is 56.0 cm³/mol. The molecule has 0 aliphatic heterocycles. The summed E-state index contributed by atoms with van der Waals surface area (Å²) in [7, 11) is 0. The van der Waals surface area contributed by atoms with Crippen LogP contribution in [0.1, 0.15) is 9.75 Å². The van der Waals surface area contributed by atoms with Crippen molar-refractivity contribution in [3.8, 4) is 11.8 Å². The molecular weight excluding hydrogens is 239 g/mol. The highest BCUT2D eigenvalue weighted by Gasteiger charge is 2.27. The second-order valence-electron chi connectivity index (χ2n) is 2.88. The monoisotopic (exact) mass is 249 g/mol. The fourth-order valence-corrected chi connectivity index (χ4v) is 1.75. The summed E-state index contributed by atoms with van der Waals surface area (Å²) < 4.78 is 39.8. The molecule has 1 rings (SSSR count). The van der Waals surface area contributed by atoms with Gasteiger partial charge in [0, 0.05) is 4.88 Å². The predicted octanol–water partition coefficient (Wildman–Crippen LogP) is 2.14. The molecule has 0 aromatic carbocycles. The number of ether oxygens (including phenoxy) is 1. The van der Waals surface area contributed by atoms with Crippen molar-refractivity contribution in [2.75, 3.05) is 13.2 Å². The van der Waals surface area contributed by atoms with Crippen LogP contribution in [0.15, 0.2) is 12.1 Å². The van der Waals surface area contributed by atoms with E-state index in [1.165, 1.54) is 11.3 Å². The molecule has 2 N–H and O–H groups in total. The van der Waals surface area contributed by atoms with Crippen LogP contribution in [-0.2, 0) is 11.3 Å². The summed E-state index contributed by atoms with van der Waals surface area (Å²) in [5, 5.41) is 0. The molecule has 0 saturated heterocycles. The van der Waals surface area contributed by atoms with Gasteiger partial charge in [-0.25, -0.2) is 0 Å². The van der Waals surface area contributed by atoms with Crippen molar-refractivity contribution >= 4 is 11.3 Å². The van der Waals surface area contributed by atoms with E-state index in [1.54, 1.807) is 12.1 Å². The van der Waals surface area contributed by atoms with Crippen molar-refractivity contribution in [1.29, 1.82) is 0 Å². The SMILES string of the molecule is NCC#Cc1ccc(COCC(F)(F)F)s1. The van der Waals surface area contributed by atoms with Crippen molar-refractivity contribution in [3.63, 3.8) is 0 Å². The standard InChI is InChI=1S/C10H10F3NOS/c11-10(12,13)7-15-6-9-4-3-8(16-9)2-1-5-14/h3-4H,5-7,14H2. The molecule has 0 unspecified atom stereocenters. The molecule has 0 fully saturated rings. The Morgan fingerprint density at radius 2 is 2.12 bits per heavy atom. The van der Waals surface area contributed by atoms with Gasteiger partial charge in [0.05, 0.1) is 18.0 Å². The Hall–Kier alpha value is -1.03. The largest absolute Gasteiger partial charge is 0.411 e. The van der Waals surface area contributed by atoms with Gasteiger partial charge >= 0.3 is 6.18 Å². The number of thiophene rings is 1. The smallest absolute Gasteiger partial charge is 0.367 e. The minimum absolute atomic E-state index is 0.0471. The maximum Gasteiger partial charge on any atom is 0.411 e. The van der Waals surface area contributed by atoms with Gasteiger partial charge in [-0.1, -0.05) is 11.8 Å². The van der Waals surface area contributed by atoms with Gasteiger partial charge in [0.15, 0.2) is 0 Å². The van der Waals surface area contributed by atoms with E-state index in [2.05, 4.69) is 16.6 Å². The maximum atomic E-state index is 11.8. The van der Waals surface area contributed by atoms with Crippen LogP contribution in [0, 0.1) is 11.8 Å². The lowest BCUT2D eigenvalue weighted by Gasteiger charge is -2.05. The molecule has 0 aliphatic rings. The van der Waals surface area contributed by atoms with Crippen LogP contribution in [0.3, 0.4) is 0 Å². The van der Waals surface area contributed by atoms with E-state index < -0.39 is 12.8 Å². The van der Waals surface area contributed by atoms with Crippen molar-refractivity contribution in [3.05, 3.63) is 21.9 Å². The summed E-state index contributed by atoms with van der Waals surface area (Å²) >= 11 is 1.30. The van der Waals surface area contributed by atoms with E-state index >= 15 is 0 Å². The van der Waals surface area contributed by atoms with Crippen LogP contribution in [0.25, 0.3) is 0 Å². The Balaban J connectivity index is 2.41. The topological polar surface area (TPSA) is 35.2 Å². The molecule has 0 atom stereocenters. The number of rotatable bonds is 3. The highest BCUT2D eigenvalue weighted by Crippen LogP contribution is 2.19. The number of hydrogen-bond acceptors (Lipinski definition) is 3. The highest BCUT2D eigenvalue weighted by atomic mass is 32.1. The molecule has 16 heavy (non-hydrogen) atoms. The van der Waals surface area contributed by atoms with E-state index in [0.29, 0.717) is 4.88 Å². The van der Waals surface area contributed by atoms with Crippen molar-refractivity contribution in [1.82, 2.24) is 0 Å². The third-order valence-electron chi connectivity index (χ3n) is 1.49. The molecule has 0 spiro atoms. The number of halogens is 3. The number of hydrogen-bond donors (Lipinski definition) is 1. The third kappa shape index (κ3) is 5.16. The summed E-state index contributed by atoms with van der Waals surface area (Å²) in [5.41, 5.74) is 5.19. The van der Waals surface area contributed by atoms with E-state index in [1.807, 2.05) is 0 Å². The van der Waals surface area contributed by atoms with Gasteiger partial charge in [0.2, 0.25) is 0 Å². The summed E-state index contributed by atoms with van der Waals surface area (Å²) in [6.45, 7) is -1.01. The van der Waals surface area contributed by atoms with E-state index in [0.717, 1.165) is 4.88 Å².